The first-order valence-corrected chi connectivity index (χ1v) is 5.26. The first-order valence-electron chi connectivity index (χ1n) is 5.26. The summed E-state index contributed by atoms with van der Waals surface area (Å²) in [7, 11) is 0. The summed E-state index contributed by atoms with van der Waals surface area (Å²) in [6, 6.07) is -0.761. The molecule has 7 heteroatoms. The smallest absolute Gasteiger partial charge is 0.338 e. The lowest BCUT2D eigenvalue weighted by Gasteiger charge is -2.22. The number of carbonyl (C=O) groups excluding carboxylic acids is 1. The zero-order valence-electron chi connectivity index (χ0n) is 8.86. The Morgan fingerprint density at radius 1 is 1.38 bits per heavy atom. The number of hydrogen-bond acceptors (Lipinski definition) is 2. The van der Waals surface area contributed by atoms with Crippen LogP contribution in [0.4, 0.5) is 18.0 Å². The van der Waals surface area contributed by atoms with E-state index in [1.165, 1.54) is 0 Å². The van der Waals surface area contributed by atoms with E-state index in [1.807, 2.05) is 0 Å². The summed E-state index contributed by atoms with van der Waals surface area (Å²) in [5.41, 5.74) is 0. The number of rotatable bonds is 3. The minimum Gasteiger partial charge on any atom is -0.338 e. The molecule has 1 rings (SSSR count). The van der Waals surface area contributed by atoms with Crippen molar-refractivity contribution in [1.82, 2.24) is 16.0 Å². The molecule has 0 aromatic carbocycles. The van der Waals surface area contributed by atoms with Gasteiger partial charge in [0.25, 0.3) is 0 Å². The molecule has 16 heavy (non-hydrogen) atoms. The fourth-order valence-corrected chi connectivity index (χ4v) is 1.58. The second-order valence-electron chi connectivity index (χ2n) is 3.89. The van der Waals surface area contributed by atoms with Gasteiger partial charge < -0.3 is 16.0 Å². The quantitative estimate of drug-likeness (QED) is 0.684. The van der Waals surface area contributed by atoms with Crippen LogP contribution in [0.5, 0.6) is 0 Å². The number of alkyl halides is 3. The van der Waals surface area contributed by atoms with Crippen molar-refractivity contribution in [2.75, 3.05) is 26.2 Å². The van der Waals surface area contributed by atoms with Gasteiger partial charge in [0.15, 0.2) is 0 Å². The Kier molecular flexibility index (Phi) is 4.85. The van der Waals surface area contributed by atoms with E-state index < -0.39 is 18.8 Å². The zero-order chi connectivity index (χ0) is 12.0. The summed E-state index contributed by atoms with van der Waals surface area (Å²) >= 11 is 0. The first-order chi connectivity index (χ1) is 7.47. The fourth-order valence-electron chi connectivity index (χ4n) is 1.58. The van der Waals surface area contributed by atoms with Crippen LogP contribution in [0.1, 0.15) is 12.8 Å². The third-order valence-electron chi connectivity index (χ3n) is 2.40. The summed E-state index contributed by atoms with van der Waals surface area (Å²) in [5.74, 6) is 0.311. The van der Waals surface area contributed by atoms with Crippen LogP contribution >= 0.6 is 0 Å². The van der Waals surface area contributed by atoms with Crippen LogP contribution < -0.4 is 16.0 Å². The minimum atomic E-state index is -4.36. The predicted octanol–water partition coefficient (Wildman–Crippen LogP) is 0.847. The van der Waals surface area contributed by atoms with Crippen molar-refractivity contribution in [2.24, 2.45) is 5.92 Å². The third-order valence-corrected chi connectivity index (χ3v) is 2.40. The average Bonchev–Trinajstić information content (AvgIpc) is 2.24. The summed E-state index contributed by atoms with van der Waals surface area (Å²) in [6.07, 6.45) is -2.33. The second kappa shape index (κ2) is 5.93. The molecule has 0 aromatic rings. The predicted molar refractivity (Wildman–Crippen MR) is 53.1 cm³/mol. The average molecular weight is 239 g/mol. The van der Waals surface area contributed by atoms with E-state index in [1.54, 1.807) is 5.32 Å². The number of halogens is 3. The van der Waals surface area contributed by atoms with Crippen LogP contribution in [0, 0.1) is 5.92 Å². The Bertz CT molecular complexity index is 227. The molecule has 0 saturated carbocycles. The van der Waals surface area contributed by atoms with Gasteiger partial charge in [-0.2, -0.15) is 13.2 Å². The summed E-state index contributed by atoms with van der Waals surface area (Å²) in [6.45, 7) is 0.898. The topological polar surface area (TPSA) is 53.2 Å². The van der Waals surface area contributed by atoms with E-state index >= 15 is 0 Å². The van der Waals surface area contributed by atoms with Gasteiger partial charge >= 0.3 is 12.2 Å². The standard InChI is InChI=1S/C9H16F3N3O/c10-9(11,12)6-15-8(16)14-5-7-2-1-3-13-4-7/h7,13H,1-6H2,(H2,14,15,16). The molecule has 3 N–H and O–H groups in total. The highest BCUT2D eigenvalue weighted by atomic mass is 19.4. The molecule has 0 spiro atoms. The molecule has 0 bridgehead atoms. The molecule has 4 nitrogen and oxygen atoms in total. The number of piperidine rings is 1. The van der Waals surface area contributed by atoms with Crippen molar-refractivity contribution in [3.8, 4) is 0 Å². The van der Waals surface area contributed by atoms with Crippen LogP contribution in [0.15, 0.2) is 0 Å². The molecule has 1 heterocycles. The Hall–Kier alpha value is -0.980. The Balaban J connectivity index is 2.09. The van der Waals surface area contributed by atoms with Crippen molar-refractivity contribution in [3.05, 3.63) is 0 Å². The van der Waals surface area contributed by atoms with Gasteiger partial charge in [0.05, 0.1) is 0 Å². The van der Waals surface area contributed by atoms with Crippen LogP contribution in [-0.4, -0.2) is 38.4 Å². The molecular formula is C9H16F3N3O. The fraction of sp³-hybridized carbons (Fsp3) is 0.889. The molecule has 1 atom stereocenters. The maximum atomic E-state index is 11.8. The molecular weight excluding hydrogens is 223 g/mol. The zero-order valence-corrected chi connectivity index (χ0v) is 8.86. The number of urea groups is 1. The molecule has 1 aliphatic heterocycles. The van der Waals surface area contributed by atoms with E-state index in [-0.39, 0.29) is 0 Å². The monoisotopic (exact) mass is 239 g/mol. The molecule has 94 valence electrons. The van der Waals surface area contributed by atoms with Crippen LogP contribution in [0.25, 0.3) is 0 Å². The lowest BCUT2D eigenvalue weighted by atomic mass is 10.00. The molecule has 1 saturated heterocycles. The van der Waals surface area contributed by atoms with E-state index in [0.717, 1.165) is 25.9 Å². The maximum Gasteiger partial charge on any atom is 0.405 e. The van der Waals surface area contributed by atoms with Gasteiger partial charge in [-0.05, 0) is 31.8 Å². The van der Waals surface area contributed by atoms with Crippen molar-refractivity contribution in [2.45, 2.75) is 19.0 Å². The van der Waals surface area contributed by atoms with Crippen LogP contribution in [-0.2, 0) is 0 Å². The van der Waals surface area contributed by atoms with Crippen molar-refractivity contribution in [3.63, 3.8) is 0 Å². The number of nitrogens with one attached hydrogen (secondary N) is 3. The van der Waals surface area contributed by atoms with Crippen molar-refractivity contribution >= 4 is 6.03 Å². The van der Waals surface area contributed by atoms with Gasteiger partial charge in [-0.1, -0.05) is 0 Å². The largest absolute Gasteiger partial charge is 0.405 e. The summed E-state index contributed by atoms with van der Waals surface area (Å²) in [5, 5.41) is 7.36. The number of hydrogen-bond donors (Lipinski definition) is 3. The Morgan fingerprint density at radius 3 is 2.69 bits per heavy atom. The van der Waals surface area contributed by atoms with Gasteiger partial charge in [0.2, 0.25) is 0 Å². The minimum absolute atomic E-state index is 0.311. The van der Waals surface area contributed by atoms with Crippen LogP contribution in [0.2, 0.25) is 0 Å². The molecule has 0 aromatic heterocycles. The van der Waals surface area contributed by atoms with Gasteiger partial charge in [-0.3, -0.25) is 0 Å². The lowest BCUT2D eigenvalue weighted by Crippen LogP contribution is -2.44. The normalized spacial score (nSPS) is 21.6. The number of carbonyl (C=O) groups is 1. The maximum absolute atomic E-state index is 11.8. The van der Waals surface area contributed by atoms with E-state index in [0.29, 0.717) is 12.5 Å². The highest BCUT2D eigenvalue weighted by molar-refractivity contribution is 5.73. The molecule has 0 radical (unpaired) electrons. The highest BCUT2D eigenvalue weighted by Gasteiger charge is 2.27. The van der Waals surface area contributed by atoms with Crippen molar-refractivity contribution in [1.29, 1.82) is 0 Å². The molecule has 1 aliphatic rings. The van der Waals surface area contributed by atoms with Gasteiger partial charge in [-0.15, -0.1) is 0 Å². The molecule has 2 amide bonds. The first kappa shape index (κ1) is 13.1. The number of amides is 2. The SMILES string of the molecule is O=C(NCC1CCCNC1)NCC(F)(F)F. The highest BCUT2D eigenvalue weighted by Crippen LogP contribution is 2.12. The van der Waals surface area contributed by atoms with Crippen LogP contribution in [0.3, 0.4) is 0 Å². The molecule has 1 unspecified atom stereocenters. The van der Waals surface area contributed by atoms with Gasteiger partial charge in [-0.25, -0.2) is 4.79 Å². The third kappa shape index (κ3) is 5.79. The van der Waals surface area contributed by atoms with E-state index in [9.17, 15) is 18.0 Å². The summed E-state index contributed by atoms with van der Waals surface area (Å²) < 4.78 is 35.3. The van der Waals surface area contributed by atoms with E-state index in [4.69, 9.17) is 0 Å². The Morgan fingerprint density at radius 2 is 2.12 bits per heavy atom. The molecule has 1 fully saturated rings. The molecule has 0 aliphatic carbocycles. The van der Waals surface area contributed by atoms with E-state index in [2.05, 4.69) is 10.6 Å². The Labute approximate surface area is 92.0 Å². The summed E-state index contributed by atoms with van der Waals surface area (Å²) in [4.78, 5) is 11.0. The van der Waals surface area contributed by atoms with Crippen molar-refractivity contribution < 1.29 is 18.0 Å². The van der Waals surface area contributed by atoms with Gasteiger partial charge in [0.1, 0.15) is 6.54 Å². The second-order valence-corrected chi connectivity index (χ2v) is 3.89. The lowest BCUT2D eigenvalue weighted by molar-refractivity contribution is -0.122. The van der Waals surface area contributed by atoms with Gasteiger partial charge in [0, 0.05) is 6.54 Å².